The van der Waals surface area contributed by atoms with Crippen molar-refractivity contribution in [2.45, 2.75) is 20.8 Å². The van der Waals surface area contributed by atoms with Gasteiger partial charge in [-0.3, -0.25) is 0 Å². The van der Waals surface area contributed by atoms with Crippen LogP contribution in [0.1, 0.15) is 16.7 Å². The second-order valence-corrected chi connectivity index (χ2v) is 5.22. The maximum absolute atomic E-state index is 6.09. The summed E-state index contributed by atoms with van der Waals surface area (Å²) in [5, 5.41) is 12.1. The van der Waals surface area contributed by atoms with Crippen LogP contribution < -0.4 is 5.73 Å². The van der Waals surface area contributed by atoms with Gasteiger partial charge in [-0.1, -0.05) is 23.8 Å². The van der Waals surface area contributed by atoms with Crippen LogP contribution in [0, 0.1) is 20.8 Å². The minimum absolute atomic E-state index is 0.657. The topological polar surface area (TPSA) is 69.6 Å². The highest BCUT2D eigenvalue weighted by Gasteiger charge is 2.15. The van der Waals surface area contributed by atoms with Gasteiger partial charge in [0.05, 0.1) is 5.69 Å². The van der Waals surface area contributed by atoms with Gasteiger partial charge in [-0.2, -0.15) is 4.68 Å². The van der Waals surface area contributed by atoms with Crippen LogP contribution in [0.4, 0.5) is 5.69 Å². The van der Waals surface area contributed by atoms with E-state index in [4.69, 9.17) is 5.73 Å². The first-order valence-corrected chi connectivity index (χ1v) is 6.79. The van der Waals surface area contributed by atoms with Gasteiger partial charge in [0.15, 0.2) is 5.82 Å². The molecule has 0 amide bonds. The van der Waals surface area contributed by atoms with Crippen molar-refractivity contribution >= 4 is 5.69 Å². The zero-order chi connectivity index (χ0) is 15.0. The number of hydrogen-bond acceptors (Lipinski definition) is 4. The molecule has 2 aromatic carbocycles. The molecule has 0 saturated carbocycles. The molecule has 0 unspecified atom stereocenters. The first-order valence-electron chi connectivity index (χ1n) is 6.79. The van der Waals surface area contributed by atoms with E-state index in [2.05, 4.69) is 35.4 Å². The number of rotatable bonds is 2. The van der Waals surface area contributed by atoms with Crippen molar-refractivity contribution < 1.29 is 0 Å². The molecule has 106 valence electrons. The highest BCUT2D eigenvalue weighted by Crippen LogP contribution is 2.27. The number of aryl methyl sites for hydroxylation is 2. The van der Waals surface area contributed by atoms with Gasteiger partial charge in [-0.25, -0.2) is 0 Å². The Balaban J connectivity index is 2.22. The molecular weight excluding hydrogens is 262 g/mol. The summed E-state index contributed by atoms with van der Waals surface area (Å²) in [7, 11) is 0. The van der Waals surface area contributed by atoms with Gasteiger partial charge in [-0.05, 0) is 60.5 Å². The molecule has 0 atom stereocenters. The van der Waals surface area contributed by atoms with E-state index in [0.29, 0.717) is 11.5 Å². The molecule has 0 radical (unpaired) electrons. The van der Waals surface area contributed by atoms with E-state index in [1.165, 1.54) is 5.56 Å². The fourth-order valence-corrected chi connectivity index (χ4v) is 2.35. The summed E-state index contributed by atoms with van der Waals surface area (Å²) in [6, 6.07) is 11.9. The minimum atomic E-state index is 0.657. The zero-order valence-electron chi connectivity index (χ0n) is 12.3. The smallest absolute Gasteiger partial charge is 0.189 e. The first-order chi connectivity index (χ1) is 10.1. The molecule has 21 heavy (non-hydrogen) atoms. The number of anilines is 1. The Labute approximate surface area is 123 Å². The fraction of sp³-hybridized carbons (Fsp3) is 0.188. The molecule has 0 aliphatic carbocycles. The monoisotopic (exact) mass is 279 g/mol. The number of aromatic nitrogens is 4. The van der Waals surface area contributed by atoms with Crippen molar-refractivity contribution in [2.24, 2.45) is 0 Å². The van der Waals surface area contributed by atoms with Crippen molar-refractivity contribution in [1.82, 2.24) is 20.2 Å². The third-order valence-corrected chi connectivity index (χ3v) is 3.72. The maximum atomic E-state index is 6.09. The summed E-state index contributed by atoms with van der Waals surface area (Å²) < 4.78 is 1.74. The Kier molecular flexibility index (Phi) is 3.17. The van der Waals surface area contributed by atoms with Gasteiger partial charge in [0.25, 0.3) is 0 Å². The normalized spacial score (nSPS) is 10.8. The molecule has 0 spiro atoms. The summed E-state index contributed by atoms with van der Waals surface area (Å²) in [4.78, 5) is 0. The van der Waals surface area contributed by atoms with Crippen molar-refractivity contribution in [3.63, 3.8) is 0 Å². The number of nitrogen functional groups attached to an aromatic ring is 1. The van der Waals surface area contributed by atoms with Crippen LogP contribution in [0.2, 0.25) is 0 Å². The molecule has 3 rings (SSSR count). The predicted octanol–water partition coefficient (Wildman–Crippen LogP) is 2.84. The van der Waals surface area contributed by atoms with Gasteiger partial charge in [0, 0.05) is 11.3 Å². The highest BCUT2D eigenvalue weighted by atomic mass is 15.5. The Morgan fingerprint density at radius 2 is 1.86 bits per heavy atom. The van der Waals surface area contributed by atoms with Gasteiger partial charge in [-0.15, -0.1) is 5.10 Å². The third kappa shape index (κ3) is 2.27. The van der Waals surface area contributed by atoms with E-state index in [1.54, 1.807) is 4.68 Å². The number of nitrogens with two attached hydrogens (primary N) is 1. The molecule has 1 heterocycles. The van der Waals surface area contributed by atoms with Gasteiger partial charge in [0.1, 0.15) is 0 Å². The molecule has 1 aromatic heterocycles. The molecule has 3 aromatic rings. The average Bonchev–Trinajstić information content (AvgIpc) is 2.93. The maximum Gasteiger partial charge on any atom is 0.189 e. The predicted molar refractivity (Wildman–Crippen MR) is 83.2 cm³/mol. The molecule has 0 bridgehead atoms. The lowest BCUT2D eigenvalue weighted by Gasteiger charge is -2.11. The zero-order valence-corrected chi connectivity index (χ0v) is 12.3. The molecule has 2 N–H and O–H groups in total. The van der Waals surface area contributed by atoms with Crippen molar-refractivity contribution in [1.29, 1.82) is 0 Å². The standard InChI is InChI=1S/C16H17N5/c1-10-7-8-14(17)13(9-10)16-18-19-20-21(16)15-6-4-5-11(2)12(15)3/h4-9H,17H2,1-3H3. The van der Waals surface area contributed by atoms with Crippen LogP contribution in [0.15, 0.2) is 36.4 Å². The fourth-order valence-electron chi connectivity index (χ4n) is 2.35. The summed E-state index contributed by atoms with van der Waals surface area (Å²) in [6.07, 6.45) is 0. The van der Waals surface area contributed by atoms with Crippen LogP contribution in [0.5, 0.6) is 0 Å². The second-order valence-electron chi connectivity index (χ2n) is 5.22. The summed E-state index contributed by atoms with van der Waals surface area (Å²) in [5.74, 6) is 0.657. The van der Waals surface area contributed by atoms with E-state index in [1.807, 2.05) is 37.3 Å². The van der Waals surface area contributed by atoms with E-state index in [0.717, 1.165) is 22.4 Å². The Morgan fingerprint density at radius 3 is 2.67 bits per heavy atom. The quantitative estimate of drug-likeness (QED) is 0.732. The molecule has 0 fully saturated rings. The SMILES string of the molecule is Cc1ccc(N)c(-c2nnnn2-c2cccc(C)c2C)c1. The van der Waals surface area contributed by atoms with E-state index < -0.39 is 0 Å². The Morgan fingerprint density at radius 1 is 1.05 bits per heavy atom. The molecule has 5 nitrogen and oxygen atoms in total. The molecule has 0 saturated heterocycles. The lowest BCUT2D eigenvalue weighted by molar-refractivity contribution is 0.786. The third-order valence-electron chi connectivity index (χ3n) is 3.72. The minimum Gasteiger partial charge on any atom is -0.398 e. The van der Waals surface area contributed by atoms with Crippen LogP contribution in [-0.4, -0.2) is 20.2 Å². The molecule has 0 aliphatic rings. The highest BCUT2D eigenvalue weighted by molar-refractivity contribution is 5.73. The first kappa shape index (κ1) is 13.3. The van der Waals surface area contributed by atoms with E-state index >= 15 is 0 Å². The molecule has 0 aliphatic heterocycles. The summed E-state index contributed by atoms with van der Waals surface area (Å²) >= 11 is 0. The lowest BCUT2D eigenvalue weighted by atomic mass is 10.1. The van der Waals surface area contributed by atoms with Crippen molar-refractivity contribution in [3.05, 3.63) is 53.1 Å². The Hall–Kier alpha value is -2.69. The molecular formula is C16H17N5. The number of nitrogens with zero attached hydrogens (tertiary/aromatic N) is 4. The van der Waals surface area contributed by atoms with Gasteiger partial charge < -0.3 is 5.73 Å². The largest absolute Gasteiger partial charge is 0.398 e. The van der Waals surface area contributed by atoms with Crippen molar-refractivity contribution in [3.8, 4) is 17.1 Å². The summed E-state index contributed by atoms with van der Waals surface area (Å²) in [5.41, 5.74) is 12.0. The summed E-state index contributed by atoms with van der Waals surface area (Å²) in [6.45, 7) is 6.16. The van der Waals surface area contributed by atoms with Crippen LogP contribution in [0.25, 0.3) is 17.1 Å². The van der Waals surface area contributed by atoms with Crippen LogP contribution in [-0.2, 0) is 0 Å². The van der Waals surface area contributed by atoms with Gasteiger partial charge in [0.2, 0.25) is 0 Å². The van der Waals surface area contributed by atoms with Crippen LogP contribution >= 0.6 is 0 Å². The van der Waals surface area contributed by atoms with Crippen molar-refractivity contribution in [2.75, 3.05) is 5.73 Å². The van der Waals surface area contributed by atoms with E-state index in [-0.39, 0.29) is 0 Å². The van der Waals surface area contributed by atoms with E-state index in [9.17, 15) is 0 Å². The Bertz CT molecular complexity index is 788. The average molecular weight is 279 g/mol. The second kappa shape index (κ2) is 5.01. The number of benzene rings is 2. The molecule has 5 heteroatoms. The number of tetrazole rings is 1. The van der Waals surface area contributed by atoms with Crippen LogP contribution in [0.3, 0.4) is 0 Å². The van der Waals surface area contributed by atoms with Gasteiger partial charge >= 0.3 is 0 Å². The lowest BCUT2D eigenvalue weighted by Crippen LogP contribution is -2.04. The number of hydrogen-bond donors (Lipinski definition) is 1.